The van der Waals surface area contributed by atoms with Crippen molar-refractivity contribution < 1.29 is 10.0 Å². The third kappa shape index (κ3) is 2.39. The summed E-state index contributed by atoms with van der Waals surface area (Å²) < 4.78 is 1.62. The first-order valence-electron chi connectivity index (χ1n) is 6.52. The molecule has 22 heavy (non-hydrogen) atoms. The lowest BCUT2D eigenvalue weighted by molar-refractivity contribution is -0.384. The minimum atomic E-state index is -0.519. The van der Waals surface area contributed by atoms with Gasteiger partial charge in [0.25, 0.3) is 5.69 Å². The van der Waals surface area contributed by atoms with E-state index in [0.29, 0.717) is 5.82 Å². The van der Waals surface area contributed by atoms with Gasteiger partial charge >= 0.3 is 0 Å². The zero-order chi connectivity index (χ0) is 15.7. The molecule has 0 unspecified atom stereocenters. The van der Waals surface area contributed by atoms with Crippen LogP contribution in [-0.2, 0) is 0 Å². The summed E-state index contributed by atoms with van der Waals surface area (Å²) in [5, 5.41) is 24.9. The minimum absolute atomic E-state index is 0.0728. The van der Waals surface area contributed by atoms with E-state index >= 15 is 0 Å². The number of phenolic OH excluding ortho intramolecular Hbond substituents is 1. The van der Waals surface area contributed by atoms with Crippen molar-refractivity contribution in [2.24, 2.45) is 5.10 Å². The first-order valence-corrected chi connectivity index (χ1v) is 6.52. The number of para-hydroxylation sites is 2. The quantitative estimate of drug-likeness (QED) is 0.457. The molecule has 1 aromatic heterocycles. The van der Waals surface area contributed by atoms with Crippen LogP contribution in [0.1, 0.15) is 11.4 Å². The Labute approximate surface area is 125 Å². The summed E-state index contributed by atoms with van der Waals surface area (Å²) in [7, 11) is 0. The van der Waals surface area contributed by atoms with E-state index in [-0.39, 0.29) is 17.0 Å². The minimum Gasteiger partial charge on any atom is -0.507 e. The molecule has 7 heteroatoms. The van der Waals surface area contributed by atoms with Gasteiger partial charge in [0.15, 0.2) is 0 Å². The summed E-state index contributed by atoms with van der Waals surface area (Å²) in [4.78, 5) is 14.6. The fourth-order valence-corrected chi connectivity index (χ4v) is 2.16. The zero-order valence-electron chi connectivity index (χ0n) is 11.7. The molecule has 0 saturated carbocycles. The van der Waals surface area contributed by atoms with Crippen molar-refractivity contribution in [2.75, 3.05) is 0 Å². The Morgan fingerprint density at radius 3 is 2.86 bits per heavy atom. The van der Waals surface area contributed by atoms with Gasteiger partial charge in [-0.05, 0) is 25.1 Å². The maximum atomic E-state index is 10.8. The molecule has 0 aliphatic heterocycles. The molecule has 1 heterocycles. The van der Waals surface area contributed by atoms with Crippen molar-refractivity contribution in [3.05, 3.63) is 64.0 Å². The molecule has 0 fully saturated rings. The molecule has 0 amide bonds. The van der Waals surface area contributed by atoms with Gasteiger partial charge in [-0.1, -0.05) is 12.1 Å². The molecule has 0 bridgehead atoms. The Kier molecular flexibility index (Phi) is 3.30. The second-order valence-corrected chi connectivity index (χ2v) is 4.70. The van der Waals surface area contributed by atoms with E-state index in [9.17, 15) is 15.2 Å². The summed E-state index contributed by atoms with van der Waals surface area (Å²) in [5.74, 6) is 0.610. The predicted octanol–water partition coefficient (Wildman–Crippen LogP) is 2.84. The normalized spacial score (nSPS) is 11.3. The number of aryl methyl sites for hydroxylation is 1. The number of nitrogens with zero attached hydrogens (tertiary/aromatic N) is 4. The van der Waals surface area contributed by atoms with Crippen molar-refractivity contribution in [3.8, 4) is 5.75 Å². The number of fused-ring (bicyclic) bond motifs is 1. The van der Waals surface area contributed by atoms with E-state index in [4.69, 9.17) is 0 Å². The molecule has 0 saturated heterocycles. The van der Waals surface area contributed by atoms with Crippen LogP contribution in [0.4, 0.5) is 5.69 Å². The fraction of sp³-hybridized carbons (Fsp3) is 0.0667. The van der Waals surface area contributed by atoms with Gasteiger partial charge in [-0.25, -0.2) is 9.66 Å². The van der Waals surface area contributed by atoms with Crippen molar-refractivity contribution >= 4 is 22.9 Å². The van der Waals surface area contributed by atoms with Crippen LogP contribution in [0, 0.1) is 17.0 Å². The van der Waals surface area contributed by atoms with E-state index in [0.717, 1.165) is 11.0 Å². The summed E-state index contributed by atoms with van der Waals surface area (Å²) in [6.45, 7) is 1.81. The zero-order valence-corrected chi connectivity index (χ0v) is 11.7. The molecular formula is C15H12N4O3. The van der Waals surface area contributed by atoms with Crippen LogP contribution in [0.5, 0.6) is 5.75 Å². The number of nitro benzene ring substituents is 1. The molecule has 3 rings (SSSR count). The van der Waals surface area contributed by atoms with E-state index < -0.39 is 4.92 Å². The molecule has 0 radical (unpaired) electrons. The highest BCUT2D eigenvalue weighted by Crippen LogP contribution is 2.22. The maximum absolute atomic E-state index is 10.8. The van der Waals surface area contributed by atoms with Crippen molar-refractivity contribution in [3.63, 3.8) is 0 Å². The van der Waals surface area contributed by atoms with Gasteiger partial charge in [0.1, 0.15) is 11.6 Å². The number of aromatic nitrogens is 2. The Bertz CT molecular complexity index is 899. The molecule has 0 aliphatic carbocycles. The Morgan fingerprint density at radius 2 is 2.09 bits per heavy atom. The molecule has 7 nitrogen and oxygen atoms in total. The van der Waals surface area contributed by atoms with Crippen molar-refractivity contribution in [1.29, 1.82) is 0 Å². The average Bonchev–Trinajstić information content (AvgIpc) is 2.81. The van der Waals surface area contributed by atoms with Gasteiger partial charge in [-0.15, -0.1) is 0 Å². The SMILES string of the molecule is Cc1nc2ccccc2n1N=Cc1cc([N+](=O)[O-])ccc1O. The maximum Gasteiger partial charge on any atom is 0.270 e. The van der Waals surface area contributed by atoms with Crippen LogP contribution in [0.25, 0.3) is 11.0 Å². The van der Waals surface area contributed by atoms with Gasteiger partial charge < -0.3 is 5.11 Å². The highest BCUT2D eigenvalue weighted by atomic mass is 16.6. The summed E-state index contributed by atoms with van der Waals surface area (Å²) in [6.07, 6.45) is 1.38. The topological polar surface area (TPSA) is 93.5 Å². The summed E-state index contributed by atoms with van der Waals surface area (Å²) in [5.41, 5.74) is 1.79. The standard InChI is InChI=1S/C15H12N4O3/c1-10-17-13-4-2-3-5-14(13)18(10)16-9-11-8-12(19(21)22)6-7-15(11)20/h2-9,20H,1H3. The number of phenols is 1. The predicted molar refractivity (Wildman–Crippen MR) is 82.2 cm³/mol. The second-order valence-electron chi connectivity index (χ2n) is 4.70. The molecule has 2 aromatic carbocycles. The van der Waals surface area contributed by atoms with Crippen molar-refractivity contribution in [1.82, 2.24) is 9.66 Å². The van der Waals surface area contributed by atoms with Crippen LogP contribution in [-0.4, -0.2) is 25.9 Å². The first kappa shape index (κ1) is 13.7. The number of rotatable bonds is 3. The number of hydrogen-bond acceptors (Lipinski definition) is 5. The number of hydrogen-bond donors (Lipinski definition) is 1. The number of non-ortho nitro benzene ring substituents is 1. The number of benzene rings is 2. The fourth-order valence-electron chi connectivity index (χ4n) is 2.16. The second kappa shape index (κ2) is 5.28. The van der Waals surface area contributed by atoms with Crippen molar-refractivity contribution in [2.45, 2.75) is 6.92 Å². The smallest absolute Gasteiger partial charge is 0.270 e. The Morgan fingerprint density at radius 1 is 1.32 bits per heavy atom. The Balaban J connectivity index is 2.05. The highest BCUT2D eigenvalue weighted by Gasteiger charge is 2.09. The molecule has 1 N–H and O–H groups in total. The van der Waals surface area contributed by atoms with E-state index in [1.54, 1.807) is 4.68 Å². The lowest BCUT2D eigenvalue weighted by atomic mass is 10.2. The van der Waals surface area contributed by atoms with Crippen LogP contribution in [0.3, 0.4) is 0 Å². The summed E-state index contributed by atoms with van der Waals surface area (Å²) in [6, 6.07) is 11.3. The third-order valence-electron chi connectivity index (χ3n) is 3.23. The highest BCUT2D eigenvalue weighted by molar-refractivity contribution is 5.85. The van der Waals surface area contributed by atoms with Gasteiger partial charge in [-0.3, -0.25) is 10.1 Å². The first-order chi connectivity index (χ1) is 10.6. The Hall–Kier alpha value is -3.22. The molecule has 0 spiro atoms. The molecule has 3 aromatic rings. The third-order valence-corrected chi connectivity index (χ3v) is 3.23. The average molecular weight is 296 g/mol. The van der Waals surface area contributed by atoms with E-state index in [1.165, 1.54) is 24.4 Å². The lowest BCUT2D eigenvalue weighted by Gasteiger charge is -2.01. The molecular weight excluding hydrogens is 284 g/mol. The van der Waals surface area contributed by atoms with Crippen LogP contribution >= 0.6 is 0 Å². The number of nitro groups is 1. The van der Waals surface area contributed by atoms with E-state index in [1.807, 2.05) is 31.2 Å². The van der Waals surface area contributed by atoms with Crippen LogP contribution in [0.15, 0.2) is 47.6 Å². The van der Waals surface area contributed by atoms with Crippen LogP contribution < -0.4 is 0 Å². The largest absolute Gasteiger partial charge is 0.507 e. The van der Waals surface area contributed by atoms with E-state index in [2.05, 4.69) is 10.1 Å². The summed E-state index contributed by atoms with van der Waals surface area (Å²) >= 11 is 0. The van der Waals surface area contributed by atoms with Gasteiger partial charge in [0.2, 0.25) is 0 Å². The number of aromatic hydroxyl groups is 1. The monoisotopic (exact) mass is 296 g/mol. The molecule has 110 valence electrons. The number of imidazole rings is 1. The van der Waals surface area contributed by atoms with Gasteiger partial charge in [0, 0.05) is 17.7 Å². The molecule has 0 aliphatic rings. The van der Waals surface area contributed by atoms with Gasteiger partial charge in [-0.2, -0.15) is 5.10 Å². The lowest BCUT2D eigenvalue weighted by Crippen LogP contribution is -1.95. The van der Waals surface area contributed by atoms with Crippen LogP contribution in [0.2, 0.25) is 0 Å². The molecule has 0 atom stereocenters. The van der Waals surface area contributed by atoms with Gasteiger partial charge in [0.05, 0.1) is 22.2 Å².